The lowest BCUT2D eigenvalue weighted by molar-refractivity contribution is 0.801. The predicted octanol–water partition coefficient (Wildman–Crippen LogP) is 6.49. The molecule has 4 aromatic heterocycles. The Balaban J connectivity index is 1.13. The Hall–Kier alpha value is -6.81. The topological polar surface area (TPSA) is 82.3 Å². The molecule has 0 aliphatic heterocycles. The van der Waals surface area contributed by atoms with Gasteiger partial charge in [0.25, 0.3) is 5.95 Å². The molecule has 0 atom stereocenters. The fraction of sp³-hybridized carbons (Fsp3) is 0. The first-order chi connectivity index (χ1) is 29.2. The van der Waals surface area contributed by atoms with Gasteiger partial charge in [0.15, 0.2) is 6.33 Å². The van der Waals surface area contributed by atoms with Gasteiger partial charge in [0.2, 0.25) is 13.4 Å². The summed E-state index contributed by atoms with van der Waals surface area (Å²) >= 11 is 3.33. The fourth-order valence-electron chi connectivity index (χ4n) is 7.93. The van der Waals surface area contributed by atoms with Crippen LogP contribution in [0.2, 0.25) is 0 Å². The van der Waals surface area contributed by atoms with Gasteiger partial charge in [-0.1, -0.05) is 190 Å². The molecule has 0 fully saturated rings. The molecule has 6 aromatic carbocycles. The monoisotopic (exact) mass is 793 g/mol. The quantitative estimate of drug-likeness (QED) is 0.138. The van der Waals surface area contributed by atoms with Crippen molar-refractivity contribution in [3.8, 4) is 5.95 Å². The molecular formula is C48H33B2N7S2. The van der Waals surface area contributed by atoms with Gasteiger partial charge in [-0.05, 0) is 48.5 Å². The van der Waals surface area contributed by atoms with Gasteiger partial charge in [-0.25, -0.2) is 9.97 Å². The molecule has 10 aromatic rings. The molecule has 0 spiro atoms. The second-order valence-corrected chi connectivity index (χ2v) is 16.3. The Morgan fingerprint density at radius 2 is 0.831 bits per heavy atom. The van der Waals surface area contributed by atoms with Gasteiger partial charge in [0, 0.05) is 33.0 Å². The number of hydrogen-bond acceptors (Lipinski definition) is 8. The first-order valence-electron chi connectivity index (χ1n) is 19.3. The van der Waals surface area contributed by atoms with Crippen LogP contribution in [0.5, 0.6) is 0 Å². The zero-order chi connectivity index (χ0) is 39.4. The lowest BCUT2D eigenvalue weighted by Crippen LogP contribution is -2.52. The van der Waals surface area contributed by atoms with Gasteiger partial charge in [-0.15, -0.1) is 20.4 Å². The highest BCUT2D eigenvalue weighted by Crippen LogP contribution is 2.31. The number of rotatable bonds is 11. The minimum Gasteiger partial charge on any atom is -0.275 e. The SMILES string of the molecule is c1ccc(B(c2cccc(Sc3ccccn3)c2)c2ccc3c4ccc(B(c5ccccc5)c5cccc(Sc6ccccn6)c5)cc4n(-c4nncnn4)c3c2)cc1. The minimum absolute atomic E-state index is 0.0430. The summed E-state index contributed by atoms with van der Waals surface area (Å²) in [6, 6.07) is 64.5. The van der Waals surface area contributed by atoms with E-state index >= 15 is 0 Å². The highest BCUT2D eigenvalue weighted by Gasteiger charge is 2.27. The lowest BCUT2D eigenvalue weighted by Gasteiger charge is -2.17. The maximum absolute atomic E-state index is 4.56. The summed E-state index contributed by atoms with van der Waals surface area (Å²) < 4.78 is 2.11. The van der Waals surface area contributed by atoms with E-state index in [1.165, 1.54) is 28.2 Å². The highest BCUT2D eigenvalue weighted by molar-refractivity contribution is 7.99. The average molecular weight is 794 g/mol. The van der Waals surface area contributed by atoms with Crippen molar-refractivity contribution in [2.75, 3.05) is 0 Å². The molecule has 0 aliphatic carbocycles. The van der Waals surface area contributed by atoms with Gasteiger partial charge >= 0.3 is 0 Å². The van der Waals surface area contributed by atoms with Crippen molar-refractivity contribution in [3.63, 3.8) is 0 Å². The van der Waals surface area contributed by atoms with Gasteiger partial charge in [-0.3, -0.25) is 4.57 Å². The lowest BCUT2D eigenvalue weighted by atomic mass is 9.37. The average Bonchev–Trinajstić information content (AvgIpc) is 3.61. The summed E-state index contributed by atoms with van der Waals surface area (Å²) in [6.45, 7) is -0.0860. The largest absolute Gasteiger partial charge is 0.275 e. The highest BCUT2D eigenvalue weighted by atomic mass is 32.2. The molecule has 0 bridgehead atoms. The summed E-state index contributed by atoms with van der Waals surface area (Å²) in [7, 11) is 0. The molecule has 59 heavy (non-hydrogen) atoms. The summed E-state index contributed by atoms with van der Waals surface area (Å²) in [5.41, 5.74) is 9.03. The van der Waals surface area contributed by atoms with Crippen LogP contribution in [0.25, 0.3) is 27.8 Å². The number of fused-ring (bicyclic) bond motifs is 3. The number of nitrogens with zero attached hydrogens (tertiary/aromatic N) is 7. The van der Waals surface area contributed by atoms with Crippen LogP contribution in [0.3, 0.4) is 0 Å². The maximum Gasteiger partial charge on any atom is 0.273 e. The first kappa shape index (κ1) is 36.5. The summed E-state index contributed by atoms with van der Waals surface area (Å²) in [5.74, 6) is 0.414. The summed E-state index contributed by atoms with van der Waals surface area (Å²) in [5, 5.41) is 21.5. The molecule has 10 rings (SSSR count). The molecule has 0 saturated carbocycles. The minimum atomic E-state index is -0.0430. The van der Waals surface area contributed by atoms with Crippen LogP contribution in [0.4, 0.5) is 0 Å². The number of hydrogen-bond donors (Lipinski definition) is 0. The van der Waals surface area contributed by atoms with Crippen LogP contribution in [0, 0.1) is 0 Å². The Morgan fingerprint density at radius 3 is 1.29 bits per heavy atom. The standard InChI is InChI=1S/C48H33B2N7S2/c1-3-13-34(14-4-1)49(36-17-11-19-40(29-36)58-46-21-7-9-27-51-46)38-23-25-42-43-26-24-39(32-45(43)57(44(42)31-38)48-55-53-33-54-56-48)50(35-15-5-2-6-16-35)37-18-12-20-41(30-37)59-47-22-8-10-28-52-47/h1-33H. The van der Waals surface area contributed by atoms with E-state index in [4.69, 9.17) is 0 Å². The summed E-state index contributed by atoms with van der Waals surface area (Å²) in [6.07, 6.45) is 5.04. The Morgan fingerprint density at radius 1 is 0.390 bits per heavy atom. The number of benzene rings is 6. The first-order valence-corrected chi connectivity index (χ1v) is 20.9. The van der Waals surface area contributed by atoms with Crippen molar-refractivity contribution in [3.05, 3.63) is 201 Å². The molecule has 0 amide bonds. The molecule has 0 radical (unpaired) electrons. The third-order valence-corrected chi connectivity index (χ3v) is 12.3. The van der Waals surface area contributed by atoms with E-state index in [-0.39, 0.29) is 13.4 Å². The third kappa shape index (κ3) is 7.66. The van der Waals surface area contributed by atoms with Crippen LogP contribution in [0.1, 0.15) is 0 Å². The van der Waals surface area contributed by atoms with E-state index in [0.717, 1.165) is 52.6 Å². The van der Waals surface area contributed by atoms with Crippen molar-refractivity contribution in [1.29, 1.82) is 0 Å². The third-order valence-electron chi connectivity index (χ3n) is 10.4. The summed E-state index contributed by atoms with van der Waals surface area (Å²) in [4.78, 5) is 11.4. The molecule has 4 heterocycles. The second kappa shape index (κ2) is 16.6. The smallest absolute Gasteiger partial charge is 0.273 e. The Labute approximate surface area is 351 Å². The van der Waals surface area contributed by atoms with Crippen LogP contribution >= 0.6 is 23.5 Å². The molecule has 7 nitrogen and oxygen atoms in total. The maximum atomic E-state index is 4.56. The second-order valence-electron chi connectivity index (χ2n) is 14.1. The molecule has 11 heteroatoms. The van der Waals surface area contributed by atoms with Crippen LogP contribution in [0.15, 0.2) is 221 Å². The zero-order valence-electron chi connectivity index (χ0n) is 31.7. The predicted molar refractivity (Wildman–Crippen MR) is 244 cm³/mol. The van der Waals surface area contributed by atoms with Crippen molar-refractivity contribution < 1.29 is 0 Å². The molecule has 278 valence electrons. The van der Waals surface area contributed by atoms with E-state index in [2.05, 4.69) is 181 Å². The van der Waals surface area contributed by atoms with Crippen molar-refractivity contribution in [1.82, 2.24) is 34.9 Å². The normalized spacial score (nSPS) is 11.2. The van der Waals surface area contributed by atoms with Crippen LogP contribution in [-0.2, 0) is 0 Å². The number of aromatic nitrogens is 7. The molecule has 0 aliphatic rings. The zero-order valence-corrected chi connectivity index (χ0v) is 33.3. The molecule has 0 unspecified atom stereocenters. The van der Waals surface area contributed by atoms with E-state index in [9.17, 15) is 0 Å². The Kier molecular flexibility index (Phi) is 10.3. The van der Waals surface area contributed by atoms with Gasteiger partial charge in [0.1, 0.15) is 10.1 Å². The molecular weight excluding hydrogens is 760 g/mol. The van der Waals surface area contributed by atoms with Crippen molar-refractivity contribution in [2.24, 2.45) is 0 Å². The van der Waals surface area contributed by atoms with E-state index in [1.54, 1.807) is 23.5 Å². The van der Waals surface area contributed by atoms with E-state index in [1.807, 2.05) is 48.8 Å². The van der Waals surface area contributed by atoms with Gasteiger partial charge in [0.05, 0.1) is 11.0 Å². The van der Waals surface area contributed by atoms with Crippen molar-refractivity contribution in [2.45, 2.75) is 19.8 Å². The van der Waals surface area contributed by atoms with Gasteiger partial charge < -0.3 is 0 Å². The van der Waals surface area contributed by atoms with E-state index in [0.29, 0.717) is 5.95 Å². The number of pyridine rings is 2. The van der Waals surface area contributed by atoms with Gasteiger partial charge in [-0.2, -0.15) is 0 Å². The Bertz CT molecular complexity index is 2830. The van der Waals surface area contributed by atoms with Crippen LogP contribution in [-0.4, -0.2) is 48.4 Å². The van der Waals surface area contributed by atoms with Crippen molar-refractivity contribution >= 4 is 91.5 Å². The fourth-order valence-corrected chi connectivity index (χ4v) is 9.62. The molecule has 0 saturated heterocycles. The van der Waals surface area contributed by atoms with E-state index < -0.39 is 0 Å². The van der Waals surface area contributed by atoms with Crippen LogP contribution < -0.4 is 32.8 Å². The molecule has 0 N–H and O–H groups in total.